The standard InChI is InChI=1S/2C6H5.2C2H6OS.2ClH.Sn/c2*1-2-4-6-5-3-1;2*1-4(2)3;;;/h2*1-5H;2*1-2H3;2*1H;/q;;;;;;+2/p-2. The van der Waals surface area contributed by atoms with Gasteiger partial charge in [0.2, 0.25) is 0 Å². The van der Waals surface area contributed by atoms with E-state index in [2.05, 4.69) is 0 Å². The summed E-state index contributed by atoms with van der Waals surface area (Å²) < 4.78 is 21.3. The van der Waals surface area contributed by atoms with Crippen LogP contribution in [0.4, 0.5) is 0 Å². The van der Waals surface area contributed by atoms with Crippen LogP contribution in [0.2, 0.25) is 0 Å². The van der Waals surface area contributed by atoms with Crippen LogP contribution in [0.3, 0.4) is 0 Å². The molecule has 0 heterocycles. The van der Waals surface area contributed by atoms with Gasteiger partial charge < -0.3 is 0 Å². The van der Waals surface area contributed by atoms with Crippen molar-refractivity contribution in [2.75, 3.05) is 25.0 Å². The summed E-state index contributed by atoms with van der Waals surface area (Å²) in [6, 6.07) is 19.9. The van der Waals surface area contributed by atoms with Gasteiger partial charge in [0.25, 0.3) is 0 Å². The number of hydrogen-bond donors (Lipinski definition) is 0. The minimum atomic E-state index is -3.30. The van der Waals surface area contributed by atoms with E-state index in [1.165, 1.54) is 0 Å². The molecular formula is C16H22Cl2O2S2Sn. The monoisotopic (exact) mass is 500 g/mol. The van der Waals surface area contributed by atoms with Crippen LogP contribution < -0.4 is 7.16 Å². The summed E-state index contributed by atoms with van der Waals surface area (Å²) in [6.07, 6.45) is 6.56. The molecule has 0 bridgehead atoms. The maximum atomic E-state index is 9.56. The second-order valence-electron chi connectivity index (χ2n) is 4.79. The average molecular weight is 500 g/mol. The molecule has 0 unspecified atom stereocenters. The van der Waals surface area contributed by atoms with Crippen LogP contribution in [-0.2, 0) is 21.6 Å². The van der Waals surface area contributed by atoms with Crippen LogP contribution >= 0.6 is 17.8 Å². The Balaban J connectivity index is 0.000000509. The molecule has 2 rings (SSSR count). The molecule has 2 aromatic carbocycles. The number of halogens is 2. The molecule has 0 saturated carbocycles. The van der Waals surface area contributed by atoms with Crippen molar-refractivity contribution in [1.82, 2.24) is 0 Å². The van der Waals surface area contributed by atoms with E-state index in [4.69, 9.17) is 17.8 Å². The summed E-state index contributed by atoms with van der Waals surface area (Å²) in [6.45, 7) is 0. The topological polar surface area (TPSA) is 34.1 Å². The zero-order chi connectivity index (χ0) is 17.9. The zero-order valence-electron chi connectivity index (χ0n) is 13.7. The van der Waals surface area contributed by atoms with Gasteiger partial charge >= 0.3 is 102 Å². The molecule has 2 nitrogen and oxygen atoms in total. The molecule has 0 aliphatic heterocycles. The number of rotatable bonds is 2. The summed E-state index contributed by atoms with van der Waals surface area (Å²) >= 11 is -3.30. The summed E-state index contributed by atoms with van der Waals surface area (Å²) in [5, 5.41) is 0. The fourth-order valence-corrected chi connectivity index (χ4v) is 9.28. The molecule has 0 atom stereocenters. The second kappa shape index (κ2) is 12.5. The molecule has 0 N–H and O–H groups in total. The van der Waals surface area contributed by atoms with Gasteiger partial charge in [-0.1, -0.05) is 0 Å². The molecule has 23 heavy (non-hydrogen) atoms. The number of benzene rings is 2. The second-order valence-corrected chi connectivity index (χ2v) is 23.2. The maximum absolute atomic E-state index is 9.56. The van der Waals surface area contributed by atoms with Gasteiger partial charge in [-0.3, -0.25) is 8.42 Å². The Morgan fingerprint density at radius 1 is 0.652 bits per heavy atom. The molecule has 0 radical (unpaired) electrons. The summed E-state index contributed by atoms with van der Waals surface area (Å²) in [4.78, 5) is 0. The van der Waals surface area contributed by atoms with Crippen molar-refractivity contribution in [1.29, 1.82) is 0 Å². The van der Waals surface area contributed by atoms with Crippen molar-refractivity contribution in [3.63, 3.8) is 0 Å². The molecule has 128 valence electrons. The normalized spacial score (nSPS) is 10.4. The van der Waals surface area contributed by atoms with E-state index >= 15 is 0 Å². The third-order valence-electron chi connectivity index (χ3n) is 2.27. The SMILES string of the molecule is CS(C)=O.CS(C)=O.[Cl][Sn]([Cl])([c]1ccccc1)[c]1ccccc1. The first-order valence-corrected chi connectivity index (χ1v) is 20.7. The molecule has 0 aromatic heterocycles. The molecule has 2 aromatic rings. The summed E-state index contributed by atoms with van der Waals surface area (Å²) in [5.41, 5.74) is 0. The van der Waals surface area contributed by atoms with Crippen molar-refractivity contribution in [2.24, 2.45) is 0 Å². The Morgan fingerprint density at radius 2 is 0.870 bits per heavy atom. The predicted molar refractivity (Wildman–Crippen MR) is 110 cm³/mol. The Kier molecular flexibility index (Phi) is 12.5. The first-order valence-electron chi connectivity index (χ1n) is 6.67. The van der Waals surface area contributed by atoms with Gasteiger partial charge in [0.1, 0.15) is 0 Å². The van der Waals surface area contributed by atoms with Gasteiger partial charge in [0.15, 0.2) is 0 Å². The van der Waals surface area contributed by atoms with Gasteiger partial charge in [-0.2, -0.15) is 0 Å². The van der Waals surface area contributed by atoms with Gasteiger partial charge in [-0.05, 0) is 0 Å². The molecule has 0 amide bonds. The molecule has 7 heteroatoms. The number of hydrogen-bond acceptors (Lipinski definition) is 2. The van der Waals surface area contributed by atoms with E-state index in [9.17, 15) is 8.42 Å². The van der Waals surface area contributed by atoms with E-state index in [0.717, 1.165) is 7.16 Å². The Labute approximate surface area is 155 Å². The van der Waals surface area contributed by atoms with Crippen LogP contribution in [-0.4, -0.2) is 49.6 Å². The van der Waals surface area contributed by atoms with Crippen molar-refractivity contribution < 1.29 is 8.42 Å². The van der Waals surface area contributed by atoms with Crippen LogP contribution in [0.5, 0.6) is 0 Å². The van der Waals surface area contributed by atoms with Crippen molar-refractivity contribution in [3.05, 3.63) is 60.7 Å². The first-order chi connectivity index (χ1) is 10.7. The molecule has 0 fully saturated rings. The molecular weight excluding hydrogens is 478 g/mol. The third kappa shape index (κ3) is 11.3. The molecule has 0 spiro atoms. The average Bonchev–Trinajstić information content (AvgIpc) is 2.48. The minimum absolute atomic E-state index is 0.611. The van der Waals surface area contributed by atoms with Crippen LogP contribution in [0.15, 0.2) is 60.7 Å². The predicted octanol–water partition coefficient (Wildman–Crippen LogP) is 2.71. The van der Waals surface area contributed by atoms with Gasteiger partial charge in [0, 0.05) is 46.6 Å². The molecule has 0 aliphatic rings. The van der Waals surface area contributed by atoms with Crippen molar-refractivity contribution in [3.8, 4) is 0 Å². The van der Waals surface area contributed by atoms with E-state index < -0.39 is 37.7 Å². The zero-order valence-corrected chi connectivity index (χ0v) is 19.7. The van der Waals surface area contributed by atoms with Crippen molar-refractivity contribution >= 4 is 62.7 Å². The fraction of sp³-hybridized carbons (Fsp3) is 0.250. The van der Waals surface area contributed by atoms with Gasteiger partial charge in [0.05, 0.1) is 0 Å². The van der Waals surface area contributed by atoms with E-state index in [1.54, 1.807) is 25.0 Å². The summed E-state index contributed by atoms with van der Waals surface area (Å²) in [7, 11) is 11.9. The van der Waals surface area contributed by atoms with Crippen molar-refractivity contribution in [2.45, 2.75) is 0 Å². The van der Waals surface area contributed by atoms with E-state index in [-0.39, 0.29) is 0 Å². The fourth-order valence-electron chi connectivity index (χ4n) is 1.46. The Bertz CT molecular complexity index is 546. The third-order valence-corrected chi connectivity index (χ3v) is 14.2. The Hall–Kier alpha value is 0.119. The van der Waals surface area contributed by atoms with Crippen LogP contribution in [0.1, 0.15) is 0 Å². The first kappa shape index (κ1) is 23.1. The van der Waals surface area contributed by atoms with E-state index in [1.807, 2.05) is 60.7 Å². The quantitative estimate of drug-likeness (QED) is 0.595. The molecule has 0 saturated heterocycles. The molecule has 0 aliphatic carbocycles. The van der Waals surface area contributed by atoms with Crippen LogP contribution in [0, 0.1) is 0 Å². The van der Waals surface area contributed by atoms with E-state index in [0.29, 0.717) is 0 Å². The van der Waals surface area contributed by atoms with Crippen LogP contribution in [0.25, 0.3) is 0 Å². The van der Waals surface area contributed by atoms with Gasteiger partial charge in [-0.15, -0.1) is 0 Å². The van der Waals surface area contributed by atoms with Gasteiger partial charge in [-0.25, -0.2) is 0 Å². The Morgan fingerprint density at radius 3 is 1.09 bits per heavy atom. The summed E-state index contributed by atoms with van der Waals surface area (Å²) in [5.74, 6) is 0.